The smallest absolute Gasteiger partial charge is 0.0443 e. The van der Waals surface area contributed by atoms with Crippen LogP contribution in [0.3, 0.4) is 0 Å². The number of likely N-dealkylation sites (N-methyl/N-ethyl adjacent to an activating group) is 1. The van der Waals surface area contributed by atoms with E-state index in [0.29, 0.717) is 5.92 Å². The molecule has 2 heteroatoms. The van der Waals surface area contributed by atoms with Crippen LogP contribution in [0.5, 0.6) is 0 Å². The quantitative estimate of drug-likeness (QED) is 0.791. The van der Waals surface area contributed by atoms with Crippen molar-refractivity contribution in [2.24, 2.45) is 0 Å². The van der Waals surface area contributed by atoms with Gasteiger partial charge in [-0.25, -0.2) is 0 Å². The number of benzene rings is 1. The van der Waals surface area contributed by atoms with Crippen molar-refractivity contribution in [3.8, 4) is 0 Å². The maximum atomic E-state index is 6.34. The minimum atomic E-state index is 0.603. The van der Waals surface area contributed by atoms with Crippen LogP contribution in [0.4, 0.5) is 0 Å². The molecular formula is C14H22ClN. The Kier molecular flexibility index (Phi) is 5.86. The van der Waals surface area contributed by atoms with Gasteiger partial charge in [-0.2, -0.15) is 0 Å². The minimum Gasteiger partial charge on any atom is -0.319 e. The van der Waals surface area contributed by atoms with E-state index in [-0.39, 0.29) is 0 Å². The summed E-state index contributed by atoms with van der Waals surface area (Å²) in [6, 6.07) is 6.52. The highest BCUT2D eigenvalue weighted by molar-refractivity contribution is 6.31. The fraction of sp³-hybridized carbons (Fsp3) is 0.571. The number of nitrogens with one attached hydrogen (secondary N) is 1. The van der Waals surface area contributed by atoms with E-state index in [2.05, 4.69) is 37.4 Å². The Balaban J connectivity index is 2.82. The Labute approximate surface area is 104 Å². The Bertz CT molecular complexity index is 319. The molecule has 0 radical (unpaired) electrons. The Hall–Kier alpha value is -0.530. The van der Waals surface area contributed by atoms with Crippen LogP contribution in [-0.2, 0) is 6.42 Å². The van der Waals surface area contributed by atoms with Gasteiger partial charge in [-0.15, -0.1) is 0 Å². The molecule has 1 aromatic carbocycles. The molecule has 0 aromatic heterocycles. The van der Waals surface area contributed by atoms with Gasteiger partial charge in [0.2, 0.25) is 0 Å². The summed E-state index contributed by atoms with van der Waals surface area (Å²) in [4.78, 5) is 0. The van der Waals surface area contributed by atoms with Gasteiger partial charge in [0, 0.05) is 5.02 Å². The molecule has 1 nitrogen and oxygen atoms in total. The maximum absolute atomic E-state index is 6.34. The van der Waals surface area contributed by atoms with Crippen molar-refractivity contribution in [2.75, 3.05) is 13.6 Å². The molecule has 0 fully saturated rings. The number of halogens is 1. The average Bonchev–Trinajstić information content (AvgIpc) is 2.30. The number of hydrogen-bond acceptors (Lipinski definition) is 1. The molecule has 0 saturated carbocycles. The minimum absolute atomic E-state index is 0.603. The molecule has 0 bridgehead atoms. The Morgan fingerprint density at radius 1 is 1.25 bits per heavy atom. The van der Waals surface area contributed by atoms with Crippen molar-refractivity contribution in [1.82, 2.24) is 5.32 Å². The Morgan fingerprint density at radius 2 is 1.94 bits per heavy atom. The van der Waals surface area contributed by atoms with E-state index in [1.165, 1.54) is 11.1 Å². The third-order valence-corrected chi connectivity index (χ3v) is 3.48. The zero-order valence-electron chi connectivity index (χ0n) is 10.5. The Morgan fingerprint density at radius 3 is 2.44 bits per heavy atom. The van der Waals surface area contributed by atoms with E-state index < -0.39 is 0 Å². The van der Waals surface area contributed by atoms with Gasteiger partial charge in [0.25, 0.3) is 0 Å². The van der Waals surface area contributed by atoms with Crippen molar-refractivity contribution in [3.05, 3.63) is 34.3 Å². The van der Waals surface area contributed by atoms with Crippen LogP contribution in [0.15, 0.2) is 18.2 Å². The zero-order chi connectivity index (χ0) is 12.0. The molecule has 0 spiro atoms. The molecule has 0 unspecified atom stereocenters. The van der Waals surface area contributed by atoms with Crippen LogP contribution < -0.4 is 5.32 Å². The molecule has 0 atom stereocenters. The lowest BCUT2D eigenvalue weighted by molar-refractivity contribution is 0.641. The van der Waals surface area contributed by atoms with Gasteiger partial charge in [0.1, 0.15) is 0 Å². The molecular weight excluding hydrogens is 218 g/mol. The van der Waals surface area contributed by atoms with Crippen molar-refractivity contribution in [1.29, 1.82) is 0 Å². The van der Waals surface area contributed by atoms with Gasteiger partial charge in [0.15, 0.2) is 0 Å². The predicted octanol–water partition coefficient (Wildman–Crippen LogP) is 4.01. The first kappa shape index (κ1) is 13.5. The summed E-state index contributed by atoms with van der Waals surface area (Å²) in [5.74, 6) is 0.603. The van der Waals surface area contributed by atoms with Crippen LogP contribution in [0.2, 0.25) is 5.02 Å². The molecule has 0 saturated heterocycles. The standard InChI is InChI=1S/C14H22ClN/c1-4-12(5-2)13-7-6-11(8-9-16-3)10-14(13)15/h6-7,10,12,16H,4-5,8-9H2,1-3H3. The summed E-state index contributed by atoms with van der Waals surface area (Å²) in [5, 5.41) is 4.08. The molecule has 0 amide bonds. The number of hydrogen-bond donors (Lipinski definition) is 1. The molecule has 1 aromatic rings. The van der Waals surface area contributed by atoms with Gasteiger partial charge in [-0.3, -0.25) is 0 Å². The molecule has 16 heavy (non-hydrogen) atoms. The lowest BCUT2D eigenvalue weighted by Gasteiger charge is -2.15. The first-order chi connectivity index (χ1) is 7.72. The summed E-state index contributed by atoms with van der Waals surface area (Å²) in [6.45, 7) is 5.44. The normalized spacial score (nSPS) is 11.1. The third kappa shape index (κ3) is 3.50. The van der Waals surface area contributed by atoms with E-state index in [1.807, 2.05) is 7.05 Å². The van der Waals surface area contributed by atoms with Crippen molar-refractivity contribution in [3.63, 3.8) is 0 Å². The van der Waals surface area contributed by atoms with E-state index in [9.17, 15) is 0 Å². The lowest BCUT2D eigenvalue weighted by atomic mass is 9.93. The SMILES string of the molecule is CCC(CC)c1ccc(CCNC)cc1Cl. The summed E-state index contributed by atoms with van der Waals surface area (Å²) >= 11 is 6.34. The summed E-state index contributed by atoms with van der Waals surface area (Å²) in [6.07, 6.45) is 3.36. The summed E-state index contributed by atoms with van der Waals surface area (Å²) in [7, 11) is 1.97. The van der Waals surface area contributed by atoms with Crippen molar-refractivity contribution < 1.29 is 0 Å². The van der Waals surface area contributed by atoms with Crippen LogP contribution in [0, 0.1) is 0 Å². The summed E-state index contributed by atoms with van der Waals surface area (Å²) < 4.78 is 0. The molecule has 1 rings (SSSR count). The second-order valence-electron chi connectivity index (χ2n) is 4.22. The van der Waals surface area contributed by atoms with Crippen molar-refractivity contribution >= 4 is 11.6 Å². The molecule has 0 heterocycles. The van der Waals surface area contributed by atoms with E-state index in [4.69, 9.17) is 11.6 Å². The van der Waals surface area contributed by atoms with E-state index in [1.54, 1.807) is 0 Å². The van der Waals surface area contributed by atoms with Crippen LogP contribution >= 0.6 is 11.6 Å². The average molecular weight is 240 g/mol. The van der Waals surface area contributed by atoms with Crippen LogP contribution in [-0.4, -0.2) is 13.6 Å². The largest absolute Gasteiger partial charge is 0.319 e. The number of rotatable bonds is 6. The summed E-state index contributed by atoms with van der Waals surface area (Å²) in [5.41, 5.74) is 2.62. The molecule has 0 aliphatic carbocycles. The molecule has 1 N–H and O–H groups in total. The van der Waals surface area contributed by atoms with Crippen LogP contribution in [0.1, 0.15) is 43.7 Å². The highest BCUT2D eigenvalue weighted by Gasteiger charge is 2.10. The van der Waals surface area contributed by atoms with Gasteiger partial charge in [0.05, 0.1) is 0 Å². The topological polar surface area (TPSA) is 12.0 Å². The molecule has 90 valence electrons. The van der Waals surface area contributed by atoms with Gasteiger partial charge in [-0.05, 0) is 56.0 Å². The monoisotopic (exact) mass is 239 g/mol. The predicted molar refractivity (Wildman–Crippen MR) is 72.4 cm³/mol. The van der Waals surface area contributed by atoms with Gasteiger partial charge in [-0.1, -0.05) is 37.6 Å². The molecule has 0 aliphatic rings. The van der Waals surface area contributed by atoms with Crippen molar-refractivity contribution in [2.45, 2.75) is 39.0 Å². The lowest BCUT2D eigenvalue weighted by Crippen LogP contribution is -2.10. The maximum Gasteiger partial charge on any atom is 0.0443 e. The first-order valence-corrected chi connectivity index (χ1v) is 6.53. The van der Waals surface area contributed by atoms with Gasteiger partial charge < -0.3 is 5.32 Å². The van der Waals surface area contributed by atoms with Gasteiger partial charge >= 0.3 is 0 Å². The third-order valence-electron chi connectivity index (χ3n) is 3.15. The van der Waals surface area contributed by atoms with E-state index in [0.717, 1.165) is 30.8 Å². The second kappa shape index (κ2) is 6.93. The first-order valence-electron chi connectivity index (χ1n) is 6.15. The second-order valence-corrected chi connectivity index (χ2v) is 4.63. The van der Waals surface area contributed by atoms with E-state index >= 15 is 0 Å². The van der Waals surface area contributed by atoms with Crippen LogP contribution in [0.25, 0.3) is 0 Å². The molecule has 0 aliphatic heterocycles. The fourth-order valence-electron chi connectivity index (χ4n) is 2.06. The highest BCUT2D eigenvalue weighted by atomic mass is 35.5. The highest BCUT2D eigenvalue weighted by Crippen LogP contribution is 2.30. The zero-order valence-corrected chi connectivity index (χ0v) is 11.3. The fourth-order valence-corrected chi connectivity index (χ4v) is 2.41.